The van der Waals surface area contributed by atoms with Gasteiger partial charge in [0.05, 0.1) is 5.69 Å². The molecule has 0 aliphatic carbocycles. The lowest BCUT2D eigenvalue weighted by Gasteiger charge is -2.07. The number of hydrogen-bond donors (Lipinski definition) is 3. The number of anilines is 1. The summed E-state index contributed by atoms with van der Waals surface area (Å²) >= 11 is 0. The largest absolute Gasteiger partial charge is 0.419 e. The van der Waals surface area contributed by atoms with Crippen LogP contribution >= 0.6 is 0 Å². The molecule has 0 aliphatic heterocycles. The number of nitrogens with two attached hydrogens (primary N) is 1. The first-order valence-corrected chi connectivity index (χ1v) is 4.97. The lowest BCUT2D eigenvalue weighted by atomic mass is 10.1. The monoisotopic (exact) mass is 229 g/mol. The molecule has 4 N–H and O–H groups in total. The molecular weight excluding hydrogens is 218 g/mol. The number of amides is 1. The van der Waals surface area contributed by atoms with E-state index in [1.165, 1.54) is 0 Å². The van der Waals surface area contributed by atoms with Crippen LogP contribution in [-0.2, 0) is 4.74 Å². The summed E-state index contributed by atoms with van der Waals surface area (Å²) in [6.07, 6.45) is -0.770. The molecule has 1 amide bonds. The minimum atomic E-state index is -0.770. The zero-order valence-corrected chi connectivity index (χ0v) is 8.94. The van der Waals surface area contributed by atoms with E-state index >= 15 is 0 Å². The van der Waals surface area contributed by atoms with Crippen LogP contribution in [0.1, 0.15) is 0 Å². The predicted molar refractivity (Wildman–Crippen MR) is 66.0 cm³/mol. The van der Waals surface area contributed by atoms with Gasteiger partial charge in [-0.3, -0.25) is 10.7 Å². The second-order valence-corrected chi connectivity index (χ2v) is 3.41. The predicted octanol–water partition coefficient (Wildman–Crippen LogP) is 2.28. The van der Waals surface area contributed by atoms with Crippen molar-refractivity contribution in [1.82, 2.24) is 0 Å². The van der Waals surface area contributed by atoms with Crippen LogP contribution in [0.25, 0.3) is 10.8 Å². The fraction of sp³-hybridized carbons (Fsp3) is 0. The van der Waals surface area contributed by atoms with E-state index in [4.69, 9.17) is 11.1 Å². The summed E-state index contributed by atoms with van der Waals surface area (Å²) in [5.74, 6) is 0. The number of nitrogens with one attached hydrogen (secondary N) is 2. The van der Waals surface area contributed by atoms with Crippen molar-refractivity contribution in [2.24, 2.45) is 5.73 Å². The normalized spacial score (nSPS) is 9.88. The molecule has 0 radical (unpaired) electrons. The molecule has 0 aliphatic rings. The molecule has 0 saturated carbocycles. The van der Waals surface area contributed by atoms with E-state index in [0.717, 1.165) is 10.8 Å². The molecule has 0 heterocycles. The van der Waals surface area contributed by atoms with Crippen LogP contribution in [0.3, 0.4) is 0 Å². The second kappa shape index (κ2) is 4.52. The average molecular weight is 229 g/mol. The Bertz CT molecular complexity index is 575. The molecule has 0 atom stereocenters. The quantitative estimate of drug-likeness (QED) is 0.517. The average Bonchev–Trinajstić information content (AvgIpc) is 2.28. The van der Waals surface area contributed by atoms with Gasteiger partial charge in [0.25, 0.3) is 6.02 Å². The molecule has 2 aromatic carbocycles. The summed E-state index contributed by atoms with van der Waals surface area (Å²) in [5.41, 5.74) is 5.58. The van der Waals surface area contributed by atoms with Gasteiger partial charge in [-0.2, -0.15) is 0 Å². The summed E-state index contributed by atoms with van der Waals surface area (Å²) in [7, 11) is 0. The van der Waals surface area contributed by atoms with E-state index < -0.39 is 12.1 Å². The number of carbonyl (C=O) groups excluding carboxylic acids is 1. The van der Waals surface area contributed by atoms with Gasteiger partial charge in [0.2, 0.25) is 0 Å². The highest BCUT2D eigenvalue weighted by molar-refractivity contribution is 6.02. The maximum Gasteiger partial charge on any atom is 0.419 e. The van der Waals surface area contributed by atoms with Crippen molar-refractivity contribution >= 4 is 28.6 Å². The minimum Gasteiger partial charge on any atom is -0.376 e. The number of benzene rings is 2. The van der Waals surface area contributed by atoms with Crippen LogP contribution in [0, 0.1) is 5.41 Å². The van der Waals surface area contributed by atoms with Crippen LogP contribution < -0.4 is 11.1 Å². The first kappa shape index (κ1) is 10.9. The molecule has 0 spiro atoms. The van der Waals surface area contributed by atoms with Gasteiger partial charge >= 0.3 is 6.09 Å². The van der Waals surface area contributed by atoms with Crippen molar-refractivity contribution in [2.75, 3.05) is 5.32 Å². The van der Waals surface area contributed by atoms with Crippen LogP contribution in [-0.4, -0.2) is 12.1 Å². The van der Waals surface area contributed by atoms with E-state index in [9.17, 15) is 4.79 Å². The molecule has 0 unspecified atom stereocenters. The minimum absolute atomic E-state index is 0.620. The summed E-state index contributed by atoms with van der Waals surface area (Å²) in [6.45, 7) is 0. The van der Waals surface area contributed by atoms with Gasteiger partial charge in [0.1, 0.15) is 0 Å². The molecule has 0 bridgehead atoms. The highest BCUT2D eigenvalue weighted by Gasteiger charge is 2.07. The molecule has 0 saturated heterocycles. The summed E-state index contributed by atoms with van der Waals surface area (Å²) in [4.78, 5) is 11.3. The number of amidine groups is 1. The van der Waals surface area contributed by atoms with E-state index in [2.05, 4.69) is 10.1 Å². The number of fused-ring (bicyclic) bond motifs is 1. The van der Waals surface area contributed by atoms with Crippen molar-refractivity contribution in [3.05, 3.63) is 42.5 Å². The highest BCUT2D eigenvalue weighted by atomic mass is 16.6. The number of carbonyl (C=O) groups is 1. The van der Waals surface area contributed by atoms with Crippen LogP contribution in [0.15, 0.2) is 42.5 Å². The molecular formula is C12H11N3O2. The number of ether oxygens (including phenoxy) is 1. The maximum atomic E-state index is 11.3. The zero-order chi connectivity index (χ0) is 12.3. The molecule has 5 heteroatoms. The van der Waals surface area contributed by atoms with Gasteiger partial charge in [0.15, 0.2) is 0 Å². The Morgan fingerprint density at radius 2 is 1.88 bits per heavy atom. The summed E-state index contributed by atoms with van der Waals surface area (Å²) < 4.78 is 4.41. The fourth-order valence-corrected chi connectivity index (χ4v) is 1.57. The Balaban J connectivity index is 2.30. The number of rotatable bonds is 1. The van der Waals surface area contributed by atoms with E-state index in [1.807, 2.05) is 36.4 Å². The van der Waals surface area contributed by atoms with Gasteiger partial charge in [-0.25, -0.2) is 4.79 Å². The molecule has 2 aromatic rings. The topological polar surface area (TPSA) is 88.2 Å². The molecule has 0 aromatic heterocycles. The van der Waals surface area contributed by atoms with Crippen LogP contribution in [0.5, 0.6) is 0 Å². The SMILES string of the molecule is N=C(N)OC(=O)Nc1cccc2ccccc12. The van der Waals surface area contributed by atoms with Crippen molar-refractivity contribution in [2.45, 2.75) is 0 Å². The van der Waals surface area contributed by atoms with Gasteiger partial charge in [-0.15, -0.1) is 0 Å². The summed E-state index contributed by atoms with van der Waals surface area (Å²) in [5, 5.41) is 11.3. The Morgan fingerprint density at radius 3 is 2.65 bits per heavy atom. The van der Waals surface area contributed by atoms with E-state index in [1.54, 1.807) is 6.07 Å². The van der Waals surface area contributed by atoms with Crippen LogP contribution in [0.2, 0.25) is 0 Å². The van der Waals surface area contributed by atoms with Crippen LogP contribution in [0.4, 0.5) is 10.5 Å². The van der Waals surface area contributed by atoms with Gasteiger partial charge < -0.3 is 10.5 Å². The van der Waals surface area contributed by atoms with Crippen molar-refractivity contribution in [3.8, 4) is 0 Å². The van der Waals surface area contributed by atoms with Gasteiger partial charge in [-0.1, -0.05) is 36.4 Å². The third kappa shape index (κ3) is 2.52. The summed E-state index contributed by atoms with van der Waals surface area (Å²) in [6, 6.07) is 12.5. The van der Waals surface area contributed by atoms with Crippen molar-refractivity contribution < 1.29 is 9.53 Å². The molecule has 5 nitrogen and oxygen atoms in total. The molecule has 0 fully saturated rings. The van der Waals surface area contributed by atoms with Gasteiger partial charge in [0, 0.05) is 5.39 Å². The highest BCUT2D eigenvalue weighted by Crippen LogP contribution is 2.22. The second-order valence-electron chi connectivity index (χ2n) is 3.41. The molecule has 86 valence electrons. The molecule has 2 rings (SSSR count). The smallest absolute Gasteiger partial charge is 0.376 e. The van der Waals surface area contributed by atoms with Gasteiger partial charge in [-0.05, 0) is 11.5 Å². The first-order chi connectivity index (χ1) is 8.16. The lowest BCUT2D eigenvalue weighted by molar-refractivity contribution is 0.211. The van der Waals surface area contributed by atoms with E-state index in [-0.39, 0.29) is 0 Å². The Kier molecular flexibility index (Phi) is 2.91. The Morgan fingerprint density at radius 1 is 1.18 bits per heavy atom. The van der Waals surface area contributed by atoms with E-state index in [0.29, 0.717) is 5.69 Å². The number of hydrogen-bond acceptors (Lipinski definition) is 3. The molecule has 17 heavy (non-hydrogen) atoms. The van der Waals surface area contributed by atoms with Crippen molar-refractivity contribution in [1.29, 1.82) is 5.41 Å². The lowest BCUT2D eigenvalue weighted by Crippen LogP contribution is -2.23. The Labute approximate surface area is 97.7 Å². The third-order valence-corrected chi connectivity index (χ3v) is 2.23. The third-order valence-electron chi connectivity index (χ3n) is 2.23. The zero-order valence-electron chi connectivity index (χ0n) is 8.94. The van der Waals surface area contributed by atoms with Crippen molar-refractivity contribution in [3.63, 3.8) is 0 Å². The first-order valence-electron chi connectivity index (χ1n) is 4.97. The standard InChI is InChI=1S/C12H11N3O2/c13-11(14)17-12(16)15-10-7-3-5-8-4-1-2-6-9(8)10/h1-7H,(H3,13,14)(H,15,16). The Hall–Kier alpha value is -2.56. The fourth-order valence-electron chi connectivity index (χ4n) is 1.57. The maximum absolute atomic E-state index is 11.3.